The molecular weight excluding hydrogens is 260 g/mol. The molecule has 1 amide bonds. The van der Waals surface area contributed by atoms with Gasteiger partial charge in [-0.05, 0) is 18.1 Å². The summed E-state index contributed by atoms with van der Waals surface area (Å²) < 4.78 is 4.93. The van der Waals surface area contributed by atoms with E-state index in [1.807, 2.05) is 24.3 Å². The zero-order valence-corrected chi connectivity index (χ0v) is 12.2. The molecule has 0 aliphatic rings. The van der Waals surface area contributed by atoms with E-state index in [0.717, 1.165) is 17.5 Å². The predicted molar refractivity (Wildman–Crippen MR) is 79.9 cm³/mol. The molecule has 0 bridgehead atoms. The van der Waals surface area contributed by atoms with Crippen LogP contribution in [0.1, 0.15) is 24.0 Å². The quantitative estimate of drug-likeness (QED) is 0.610. The summed E-state index contributed by atoms with van der Waals surface area (Å²) in [4.78, 5) is 13.9. The molecule has 0 atom stereocenters. The molecular formula is C14H20N2O2S. The summed E-state index contributed by atoms with van der Waals surface area (Å²) in [7, 11) is 3.43. The van der Waals surface area contributed by atoms with E-state index >= 15 is 0 Å². The fourth-order valence-electron chi connectivity index (χ4n) is 1.74. The van der Waals surface area contributed by atoms with Crippen molar-refractivity contribution in [3.05, 3.63) is 35.4 Å². The number of amides is 1. The third-order valence-corrected chi connectivity index (χ3v) is 3.03. The van der Waals surface area contributed by atoms with E-state index in [-0.39, 0.29) is 5.91 Å². The number of carbonyl (C=O) groups is 1. The molecule has 1 aromatic carbocycles. The van der Waals surface area contributed by atoms with E-state index in [2.05, 4.69) is 0 Å². The van der Waals surface area contributed by atoms with Gasteiger partial charge in [-0.2, -0.15) is 0 Å². The number of benzene rings is 1. The molecule has 0 unspecified atom stereocenters. The van der Waals surface area contributed by atoms with Crippen LogP contribution >= 0.6 is 12.2 Å². The molecule has 2 N–H and O–H groups in total. The number of nitrogens with two attached hydrogens (primary N) is 1. The minimum atomic E-state index is 0.109. The van der Waals surface area contributed by atoms with E-state index < -0.39 is 0 Å². The number of thiocarbonyl (C=S) groups is 1. The van der Waals surface area contributed by atoms with Crippen molar-refractivity contribution in [1.82, 2.24) is 4.90 Å². The van der Waals surface area contributed by atoms with Crippen LogP contribution in [0.5, 0.6) is 0 Å². The van der Waals surface area contributed by atoms with Gasteiger partial charge in [-0.1, -0.05) is 30.4 Å². The fraction of sp³-hybridized carbons (Fsp3) is 0.429. The summed E-state index contributed by atoms with van der Waals surface area (Å²) in [6.07, 6.45) is 1.24. The van der Waals surface area contributed by atoms with Gasteiger partial charge in [-0.15, -0.1) is 0 Å². The average molecular weight is 280 g/mol. The van der Waals surface area contributed by atoms with Gasteiger partial charge in [-0.3, -0.25) is 4.79 Å². The Morgan fingerprint density at radius 3 is 2.84 bits per heavy atom. The van der Waals surface area contributed by atoms with Gasteiger partial charge in [0.05, 0.1) is 0 Å². The van der Waals surface area contributed by atoms with Gasteiger partial charge >= 0.3 is 0 Å². The van der Waals surface area contributed by atoms with Crippen LogP contribution < -0.4 is 5.73 Å². The normalized spacial score (nSPS) is 10.2. The van der Waals surface area contributed by atoms with E-state index in [4.69, 9.17) is 22.7 Å². The zero-order chi connectivity index (χ0) is 14.3. The summed E-state index contributed by atoms with van der Waals surface area (Å²) in [5, 5.41) is 0. The highest BCUT2D eigenvalue weighted by molar-refractivity contribution is 7.80. The van der Waals surface area contributed by atoms with Gasteiger partial charge in [0.2, 0.25) is 5.91 Å². The summed E-state index contributed by atoms with van der Waals surface area (Å²) >= 11 is 4.94. The Labute approximate surface area is 119 Å². The molecule has 0 radical (unpaired) electrons. The van der Waals surface area contributed by atoms with Gasteiger partial charge in [0, 0.05) is 39.3 Å². The molecule has 1 rings (SSSR count). The predicted octanol–water partition coefficient (Wildman–Crippen LogP) is 1.71. The number of hydrogen-bond donors (Lipinski definition) is 1. The van der Waals surface area contributed by atoms with Crippen LogP contribution in [-0.4, -0.2) is 36.6 Å². The molecule has 0 aliphatic heterocycles. The molecule has 0 aromatic heterocycles. The Bertz CT molecular complexity index is 449. The number of hydrogen-bond acceptors (Lipinski definition) is 3. The molecule has 104 valence electrons. The Balaban J connectivity index is 2.56. The Kier molecular flexibility index (Phi) is 6.45. The molecule has 0 fully saturated rings. The smallest absolute Gasteiger partial charge is 0.222 e. The maximum Gasteiger partial charge on any atom is 0.222 e. The van der Waals surface area contributed by atoms with Crippen LogP contribution in [0.4, 0.5) is 0 Å². The lowest BCUT2D eigenvalue weighted by Crippen LogP contribution is -2.26. The molecule has 5 heteroatoms. The Hall–Kier alpha value is -1.46. The van der Waals surface area contributed by atoms with Crippen molar-refractivity contribution in [1.29, 1.82) is 0 Å². The highest BCUT2D eigenvalue weighted by atomic mass is 32.1. The largest absolute Gasteiger partial charge is 0.389 e. The Morgan fingerprint density at radius 1 is 1.47 bits per heavy atom. The number of nitrogens with zero attached hydrogens (tertiary/aromatic N) is 1. The fourth-order valence-corrected chi connectivity index (χ4v) is 1.87. The highest BCUT2D eigenvalue weighted by Crippen LogP contribution is 2.09. The molecule has 19 heavy (non-hydrogen) atoms. The zero-order valence-electron chi connectivity index (χ0n) is 11.4. The van der Waals surface area contributed by atoms with Crippen molar-refractivity contribution < 1.29 is 9.53 Å². The van der Waals surface area contributed by atoms with Gasteiger partial charge in [0.25, 0.3) is 0 Å². The molecule has 4 nitrogen and oxygen atoms in total. The van der Waals surface area contributed by atoms with Crippen molar-refractivity contribution in [3.63, 3.8) is 0 Å². The van der Waals surface area contributed by atoms with Gasteiger partial charge in [0.1, 0.15) is 4.99 Å². The second kappa shape index (κ2) is 7.86. The first-order valence-corrected chi connectivity index (χ1v) is 6.57. The van der Waals surface area contributed by atoms with Crippen LogP contribution in [0.15, 0.2) is 24.3 Å². The first kappa shape index (κ1) is 15.6. The SMILES string of the molecule is COCCCC(=O)N(C)Cc1cccc(C(N)=S)c1. The molecule has 0 aliphatic carbocycles. The van der Waals surface area contributed by atoms with Crippen LogP contribution in [0.2, 0.25) is 0 Å². The minimum Gasteiger partial charge on any atom is -0.389 e. The van der Waals surface area contributed by atoms with E-state index in [1.165, 1.54) is 0 Å². The number of carbonyl (C=O) groups excluding carboxylic acids is 1. The standard InChI is InChI=1S/C14H20N2O2S/c1-16(13(17)7-4-8-18-2)10-11-5-3-6-12(9-11)14(15)19/h3,5-6,9H,4,7-8,10H2,1-2H3,(H2,15,19). The van der Waals surface area contributed by atoms with Crippen LogP contribution in [0, 0.1) is 0 Å². The molecule has 0 saturated carbocycles. The van der Waals surface area contributed by atoms with E-state index in [9.17, 15) is 4.79 Å². The van der Waals surface area contributed by atoms with Gasteiger partial charge in [0.15, 0.2) is 0 Å². The van der Waals surface area contributed by atoms with Crippen LogP contribution in [0.25, 0.3) is 0 Å². The second-order valence-corrected chi connectivity index (χ2v) is 4.85. The molecule has 0 spiro atoms. The van der Waals surface area contributed by atoms with E-state index in [1.54, 1.807) is 19.1 Å². The summed E-state index contributed by atoms with van der Waals surface area (Å²) in [5.41, 5.74) is 7.44. The highest BCUT2D eigenvalue weighted by Gasteiger charge is 2.09. The van der Waals surface area contributed by atoms with Crippen molar-refractivity contribution in [2.45, 2.75) is 19.4 Å². The van der Waals surface area contributed by atoms with Crippen molar-refractivity contribution >= 4 is 23.1 Å². The van der Waals surface area contributed by atoms with Crippen molar-refractivity contribution in [2.24, 2.45) is 5.73 Å². The maximum atomic E-state index is 11.9. The lowest BCUT2D eigenvalue weighted by atomic mass is 10.1. The number of ether oxygens (including phenoxy) is 1. The Morgan fingerprint density at radius 2 is 2.21 bits per heavy atom. The lowest BCUT2D eigenvalue weighted by Gasteiger charge is -2.17. The minimum absolute atomic E-state index is 0.109. The molecule has 1 aromatic rings. The van der Waals surface area contributed by atoms with Crippen molar-refractivity contribution in [3.8, 4) is 0 Å². The topological polar surface area (TPSA) is 55.6 Å². The third-order valence-electron chi connectivity index (χ3n) is 2.80. The first-order chi connectivity index (χ1) is 9.04. The van der Waals surface area contributed by atoms with Gasteiger partial charge in [-0.25, -0.2) is 0 Å². The summed E-state index contributed by atoms with van der Waals surface area (Å²) in [5.74, 6) is 0.109. The number of rotatable bonds is 7. The monoisotopic (exact) mass is 280 g/mol. The molecule has 0 heterocycles. The van der Waals surface area contributed by atoms with Crippen LogP contribution in [0.3, 0.4) is 0 Å². The average Bonchev–Trinajstić information content (AvgIpc) is 2.39. The second-order valence-electron chi connectivity index (χ2n) is 4.41. The summed E-state index contributed by atoms with van der Waals surface area (Å²) in [6, 6.07) is 7.64. The van der Waals surface area contributed by atoms with Crippen LogP contribution in [-0.2, 0) is 16.1 Å². The first-order valence-electron chi connectivity index (χ1n) is 6.16. The van der Waals surface area contributed by atoms with Gasteiger partial charge < -0.3 is 15.4 Å². The maximum absolute atomic E-state index is 11.9. The number of methoxy groups -OCH3 is 1. The third kappa shape index (κ3) is 5.36. The van der Waals surface area contributed by atoms with E-state index in [0.29, 0.717) is 24.6 Å². The molecule has 0 saturated heterocycles. The lowest BCUT2D eigenvalue weighted by molar-refractivity contribution is -0.130. The summed E-state index contributed by atoms with van der Waals surface area (Å²) in [6.45, 7) is 1.17. The van der Waals surface area contributed by atoms with Crippen molar-refractivity contribution in [2.75, 3.05) is 20.8 Å².